The second-order valence-corrected chi connectivity index (χ2v) is 4.82. The molecular formula is C15H12ClN3O2. The Morgan fingerprint density at radius 2 is 1.95 bits per heavy atom. The van der Waals surface area contributed by atoms with Crippen LogP contribution in [0.25, 0.3) is 11.4 Å². The van der Waals surface area contributed by atoms with Crippen molar-refractivity contribution >= 4 is 17.3 Å². The predicted molar refractivity (Wildman–Crippen MR) is 79.9 cm³/mol. The highest BCUT2D eigenvalue weighted by atomic mass is 35.5. The summed E-state index contributed by atoms with van der Waals surface area (Å²) >= 11 is 5.84. The number of nitrogen functional groups attached to an aromatic ring is 1. The van der Waals surface area contributed by atoms with Crippen LogP contribution in [-0.4, -0.2) is 10.1 Å². The van der Waals surface area contributed by atoms with Gasteiger partial charge in [-0.3, -0.25) is 0 Å². The molecule has 1 heterocycles. The smallest absolute Gasteiger partial charge is 0.264 e. The van der Waals surface area contributed by atoms with Gasteiger partial charge in [0.1, 0.15) is 5.75 Å². The van der Waals surface area contributed by atoms with Crippen LogP contribution in [0.4, 0.5) is 5.69 Å². The van der Waals surface area contributed by atoms with Crippen molar-refractivity contribution < 1.29 is 9.26 Å². The van der Waals surface area contributed by atoms with Gasteiger partial charge >= 0.3 is 0 Å². The number of hydrogen-bond acceptors (Lipinski definition) is 5. The molecular weight excluding hydrogens is 290 g/mol. The van der Waals surface area contributed by atoms with Crippen LogP contribution >= 0.6 is 11.6 Å². The van der Waals surface area contributed by atoms with Crippen molar-refractivity contribution in [2.75, 3.05) is 5.73 Å². The molecule has 0 atom stereocenters. The molecule has 0 saturated heterocycles. The molecule has 0 amide bonds. The molecule has 0 aliphatic rings. The first kappa shape index (κ1) is 13.5. The van der Waals surface area contributed by atoms with Crippen LogP contribution in [-0.2, 0) is 6.61 Å². The summed E-state index contributed by atoms with van der Waals surface area (Å²) < 4.78 is 10.7. The molecule has 5 nitrogen and oxygen atoms in total. The lowest BCUT2D eigenvalue weighted by molar-refractivity contribution is 0.243. The van der Waals surface area contributed by atoms with Crippen LogP contribution < -0.4 is 10.5 Å². The van der Waals surface area contributed by atoms with Gasteiger partial charge in [-0.1, -0.05) is 22.8 Å². The average molecular weight is 302 g/mol. The first-order chi connectivity index (χ1) is 10.2. The third-order valence-corrected chi connectivity index (χ3v) is 3.04. The maximum Gasteiger partial charge on any atom is 0.264 e. The van der Waals surface area contributed by atoms with Crippen molar-refractivity contribution in [3.05, 3.63) is 59.4 Å². The van der Waals surface area contributed by atoms with E-state index in [-0.39, 0.29) is 6.61 Å². The lowest BCUT2D eigenvalue weighted by Crippen LogP contribution is -1.96. The van der Waals surface area contributed by atoms with Gasteiger partial charge in [0.15, 0.2) is 6.61 Å². The number of ether oxygens (including phenoxy) is 1. The van der Waals surface area contributed by atoms with E-state index in [1.165, 1.54) is 0 Å². The van der Waals surface area contributed by atoms with E-state index in [1.54, 1.807) is 24.3 Å². The molecule has 0 radical (unpaired) electrons. The molecule has 3 aromatic rings. The van der Waals surface area contributed by atoms with E-state index in [9.17, 15) is 0 Å². The highest BCUT2D eigenvalue weighted by Gasteiger charge is 2.09. The lowest BCUT2D eigenvalue weighted by atomic mass is 10.2. The molecule has 0 saturated carbocycles. The van der Waals surface area contributed by atoms with Crippen LogP contribution in [0, 0.1) is 0 Å². The molecule has 1 aromatic heterocycles. The van der Waals surface area contributed by atoms with E-state index in [4.69, 9.17) is 26.6 Å². The highest BCUT2D eigenvalue weighted by Crippen LogP contribution is 2.20. The number of halogens is 1. The summed E-state index contributed by atoms with van der Waals surface area (Å²) in [6.07, 6.45) is 0. The van der Waals surface area contributed by atoms with Gasteiger partial charge in [0, 0.05) is 22.3 Å². The minimum absolute atomic E-state index is 0.185. The number of benzene rings is 2. The number of aromatic nitrogens is 2. The highest BCUT2D eigenvalue weighted by molar-refractivity contribution is 6.30. The van der Waals surface area contributed by atoms with Gasteiger partial charge in [-0.2, -0.15) is 4.98 Å². The molecule has 21 heavy (non-hydrogen) atoms. The summed E-state index contributed by atoms with van der Waals surface area (Å²) in [5.41, 5.74) is 7.15. The second-order valence-electron chi connectivity index (χ2n) is 4.38. The Kier molecular flexibility index (Phi) is 3.75. The third-order valence-electron chi connectivity index (χ3n) is 2.79. The zero-order valence-corrected chi connectivity index (χ0v) is 11.7. The zero-order chi connectivity index (χ0) is 14.7. The van der Waals surface area contributed by atoms with E-state index >= 15 is 0 Å². The number of anilines is 1. The molecule has 0 spiro atoms. The summed E-state index contributed by atoms with van der Waals surface area (Å²) in [6.45, 7) is 0.185. The normalized spacial score (nSPS) is 10.5. The quantitative estimate of drug-likeness (QED) is 0.746. The van der Waals surface area contributed by atoms with Crippen LogP contribution in [0.5, 0.6) is 5.75 Å². The van der Waals surface area contributed by atoms with Gasteiger partial charge in [0.05, 0.1) is 0 Å². The van der Waals surface area contributed by atoms with Gasteiger partial charge < -0.3 is 15.0 Å². The summed E-state index contributed by atoms with van der Waals surface area (Å²) in [5, 5.41) is 4.57. The Hall–Kier alpha value is -2.53. The topological polar surface area (TPSA) is 74.2 Å². The Labute approximate surface area is 126 Å². The van der Waals surface area contributed by atoms with Crippen molar-refractivity contribution in [1.29, 1.82) is 0 Å². The fourth-order valence-corrected chi connectivity index (χ4v) is 1.91. The van der Waals surface area contributed by atoms with Crippen molar-refractivity contribution in [2.45, 2.75) is 6.61 Å². The minimum Gasteiger partial charge on any atom is -0.484 e. The molecule has 2 aromatic carbocycles. The van der Waals surface area contributed by atoms with Crippen molar-refractivity contribution in [3.63, 3.8) is 0 Å². The van der Waals surface area contributed by atoms with Crippen LogP contribution in [0.2, 0.25) is 5.02 Å². The molecule has 0 aliphatic heterocycles. The average Bonchev–Trinajstić information content (AvgIpc) is 2.95. The van der Waals surface area contributed by atoms with Crippen LogP contribution in [0.3, 0.4) is 0 Å². The van der Waals surface area contributed by atoms with Gasteiger partial charge in [0.2, 0.25) is 5.82 Å². The van der Waals surface area contributed by atoms with Crippen LogP contribution in [0.15, 0.2) is 53.1 Å². The Balaban J connectivity index is 1.69. The number of nitrogens with two attached hydrogens (primary N) is 1. The second kappa shape index (κ2) is 5.85. The zero-order valence-electron chi connectivity index (χ0n) is 11.0. The standard InChI is InChI=1S/C15H12ClN3O2/c16-11-6-4-10(5-7-11)15-18-14(21-19-15)9-20-13-3-1-2-12(17)8-13/h1-8H,9,17H2. The summed E-state index contributed by atoms with van der Waals surface area (Å²) in [4.78, 5) is 4.27. The molecule has 106 valence electrons. The first-order valence-corrected chi connectivity index (χ1v) is 6.65. The maximum absolute atomic E-state index is 5.84. The molecule has 0 aliphatic carbocycles. The summed E-state index contributed by atoms with van der Waals surface area (Å²) in [5.74, 6) is 1.54. The molecule has 0 unspecified atom stereocenters. The molecule has 2 N–H and O–H groups in total. The van der Waals surface area contributed by atoms with Gasteiger partial charge in [-0.25, -0.2) is 0 Å². The molecule has 0 fully saturated rings. The fourth-order valence-electron chi connectivity index (χ4n) is 1.78. The molecule has 3 rings (SSSR count). The largest absolute Gasteiger partial charge is 0.484 e. The Bertz CT molecular complexity index is 741. The third kappa shape index (κ3) is 3.32. The first-order valence-electron chi connectivity index (χ1n) is 6.27. The minimum atomic E-state index is 0.185. The molecule has 6 heteroatoms. The Morgan fingerprint density at radius 3 is 2.71 bits per heavy atom. The van der Waals surface area contributed by atoms with Crippen molar-refractivity contribution in [2.24, 2.45) is 0 Å². The maximum atomic E-state index is 5.84. The van der Waals surface area contributed by atoms with Gasteiger partial charge in [-0.05, 0) is 36.4 Å². The predicted octanol–water partition coefficient (Wildman–Crippen LogP) is 3.55. The van der Waals surface area contributed by atoms with Crippen molar-refractivity contribution in [3.8, 4) is 17.1 Å². The van der Waals surface area contributed by atoms with E-state index in [0.29, 0.717) is 28.2 Å². The Morgan fingerprint density at radius 1 is 1.14 bits per heavy atom. The lowest BCUT2D eigenvalue weighted by Gasteiger charge is -2.03. The van der Waals surface area contributed by atoms with Crippen molar-refractivity contribution in [1.82, 2.24) is 10.1 Å². The summed E-state index contributed by atoms with van der Waals surface area (Å²) in [6, 6.07) is 14.4. The fraction of sp³-hybridized carbons (Fsp3) is 0.0667. The van der Waals surface area contributed by atoms with Crippen LogP contribution in [0.1, 0.15) is 5.89 Å². The number of nitrogens with zero attached hydrogens (tertiary/aromatic N) is 2. The van der Waals surface area contributed by atoms with Gasteiger partial charge in [0.25, 0.3) is 5.89 Å². The van der Waals surface area contributed by atoms with E-state index in [1.807, 2.05) is 24.3 Å². The number of rotatable bonds is 4. The van der Waals surface area contributed by atoms with E-state index in [2.05, 4.69) is 10.1 Å². The van der Waals surface area contributed by atoms with E-state index in [0.717, 1.165) is 5.56 Å². The number of hydrogen-bond donors (Lipinski definition) is 1. The SMILES string of the molecule is Nc1cccc(OCc2nc(-c3ccc(Cl)cc3)no2)c1. The van der Waals surface area contributed by atoms with Gasteiger partial charge in [-0.15, -0.1) is 0 Å². The molecule has 0 bridgehead atoms. The monoisotopic (exact) mass is 301 g/mol. The van der Waals surface area contributed by atoms with E-state index < -0.39 is 0 Å². The summed E-state index contributed by atoms with van der Waals surface area (Å²) in [7, 11) is 0.